The van der Waals surface area contributed by atoms with Gasteiger partial charge in [-0.25, -0.2) is 4.79 Å². The van der Waals surface area contributed by atoms with E-state index in [0.29, 0.717) is 0 Å². The van der Waals surface area contributed by atoms with Crippen molar-refractivity contribution in [2.24, 2.45) is 0 Å². The lowest BCUT2D eigenvalue weighted by molar-refractivity contribution is -0.124. The van der Waals surface area contributed by atoms with E-state index < -0.39 is 17.7 Å². The molecule has 0 aliphatic heterocycles. The minimum atomic E-state index is -0.744. The van der Waals surface area contributed by atoms with Crippen LogP contribution in [0.5, 0.6) is 0 Å². The number of carbonyl (C=O) groups is 2. The molecule has 126 valence electrons. The largest absolute Gasteiger partial charge is 0.444 e. The number of alkyl carbamates (subject to hydrolysis) is 1. The Bertz CT molecular complexity index is 531. The van der Waals surface area contributed by atoms with E-state index in [2.05, 4.69) is 10.6 Å². The predicted molar refractivity (Wildman–Crippen MR) is 89.0 cm³/mol. The van der Waals surface area contributed by atoms with Crippen LogP contribution >= 0.6 is 0 Å². The smallest absolute Gasteiger partial charge is 0.408 e. The molecule has 1 atom stereocenters. The molecule has 1 aliphatic carbocycles. The first-order valence-corrected chi connectivity index (χ1v) is 8.20. The molecule has 0 radical (unpaired) electrons. The van der Waals surface area contributed by atoms with Crippen molar-refractivity contribution < 1.29 is 14.3 Å². The second-order valence-corrected chi connectivity index (χ2v) is 6.98. The summed E-state index contributed by atoms with van der Waals surface area (Å²) < 4.78 is 5.28. The van der Waals surface area contributed by atoms with Gasteiger partial charge in [0.1, 0.15) is 11.6 Å². The first kappa shape index (κ1) is 17.3. The maximum absolute atomic E-state index is 12.6. The van der Waals surface area contributed by atoms with Crippen molar-refractivity contribution in [1.82, 2.24) is 10.6 Å². The van der Waals surface area contributed by atoms with Gasteiger partial charge in [0.15, 0.2) is 0 Å². The van der Waals surface area contributed by atoms with Gasteiger partial charge in [-0.15, -0.1) is 0 Å². The Labute approximate surface area is 137 Å². The Kier molecular flexibility index (Phi) is 5.64. The number of hydrogen-bond acceptors (Lipinski definition) is 3. The first-order chi connectivity index (χ1) is 10.8. The second kappa shape index (κ2) is 7.49. The molecule has 0 aromatic heterocycles. The Morgan fingerprint density at radius 3 is 2.30 bits per heavy atom. The van der Waals surface area contributed by atoms with E-state index in [1.807, 2.05) is 30.3 Å². The number of carbonyl (C=O) groups excluding carboxylic acids is 2. The lowest BCUT2D eigenvalue weighted by Gasteiger charge is -2.24. The maximum atomic E-state index is 12.6. The third kappa shape index (κ3) is 5.58. The topological polar surface area (TPSA) is 67.4 Å². The van der Waals surface area contributed by atoms with Crippen molar-refractivity contribution in [3.05, 3.63) is 35.9 Å². The summed E-state index contributed by atoms with van der Waals surface area (Å²) in [4.78, 5) is 24.7. The van der Waals surface area contributed by atoms with E-state index in [1.165, 1.54) is 0 Å². The summed E-state index contributed by atoms with van der Waals surface area (Å²) >= 11 is 0. The van der Waals surface area contributed by atoms with Crippen LogP contribution in [0.2, 0.25) is 0 Å². The molecule has 0 bridgehead atoms. The molecule has 0 saturated heterocycles. The minimum Gasteiger partial charge on any atom is -0.444 e. The summed E-state index contributed by atoms with van der Waals surface area (Å²) in [7, 11) is 0. The van der Waals surface area contributed by atoms with Crippen LogP contribution in [-0.4, -0.2) is 23.6 Å². The van der Waals surface area contributed by atoms with Crippen molar-refractivity contribution >= 4 is 12.0 Å². The third-order valence-electron chi connectivity index (χ3n) is 3.76. The standard InChI is InChI=1S/C18H26N2O3/c1-18(2,3)23-17(22)20-15(13-9-5-4-6-10-13)16(21)19-14-11-7-8-12-14/h4-6,9-10,14-15H,7-8,11-12H2,1-3H3,(H,19,21)(H,20,22)/t15-/m0/s1. The Morgan fingerprint density at radius 1 is 1.13 bits per heavy atom. The molecule has 0 heterocycles. The molecular formula is C18H26N2O3. The van der Waals surface area contributed by atoms with Gasteiger partial charge in [0.2, 0.25) is 5.91 Å². The molecule has 0 unspecified atom stereocenters. The molecule has 2 N–H and O–H groups in total. The molecule has 1 saturated carbocycles. The number of rotatable bonds is 4. The fourth-order valence-corrected chi connectivity index (χ4v) is 2.73. The third-order valence-corrected chi connectivity index (χ3v) is 3.76. The number of nitrogens with one attached hydrogen (secondary N) is 2. The fraction of sp³-hybridized carbons (Fsp3) is 0.556. The molecule has 1 aliphatic rings. The second-order valence-electron chi connectivity index (χ2n) is 6.98. The van der Waals surface area contributed by atoms with Crippen LogP contribution in [0.25, 0.3) is 0 Å². The molecule has 2 amide bonds. The molecule has 1 aromatic rings. The van der Waals surface area contributed by atoms with Crippen LogP contribution < -0.4 is 10.6 Å². The van der Waals surface area contributed by atoms with E-state index in [9.17, 15) is 9.59 Å². The van der Waals surface area contributed by atoms with Gasteiger partial charge in [0, 0.05) is 6.04 Å². The van der Waals surface area contributed by atoms with Gasteiger partial charge in [-0.2, -0.15) is 0 Å². The van der Waals surface area contributed by atoms with Gasteiger partial charge in [-0.3, -0.25) is 4.79 Å². The van der Waals surface area contributed by atoms with Crippen molar-refractivity contribution in [3.63, 3.8) is 0 Å². The lowest BCUT2D eigenvalue weighted by atomic mass is 10.1. The highest BCUT2D eigenvalue weighted by Crippen LogP contribution is 2.20. The molecule has 5 nitrogen and oxygen atoms in total. The summed E-state index contributed by atoms with van der Waals surface area (Å²) in [5.74, 6) is -0.186. The number of benzene rings is 1. The molecule has 2 rings (SSSR count). The van der Waals surface area contributed by atoms with Gasteiger partial charge >= 0.3 is 6.09 Å². The summed E-state index contributed by atoms with van der Waals surface area (Å²) in [6, 6.07) is 8.69. The zero-order valence-electron chi connectivity index (χ0n) is 14.1. The Morgan fingerprint density at radius 2 is 1.74 bits per heavy atom. The van der Waals surface area contributed by atoms with E-state index in [1.54, 1.807) is 20.8 Å². The SMILES string of the molecule is CC(C)(C)OC(=O)N[C@H](C(=O)NC1CCCC1)c1ccccc1. The fourth-order valence-electron chi connectivity index (χ4n) is 2.73. The number of amides is 2. The average molecular weight is 318 g/mol. The Balaban J connectivity index is 2.08. The molecule has 1 aromatic carbocycles. The Hall–Kier alpha value is -2.04. The first-order valence-electron chi connectivity index (χ1n) is 8.20. The summed E-state index contributed by atoms with van der Waals surface area (Å²) in [5, 5.41) is 5.73. The zero-order chi connectivity index (χ0) is 16.9. The van der Waals surface area contributed by atoms with Crippen molar-refractivity contribution in [3.8, 4) is 0 Å². The van der Waals surface area contributed by atoms with Gasteiger partial charge in [-0.1, -0.05) is 43.2 Å². The van der Waals surface area contributed by atoms with E-state index in [-0.39, 0.29) is 11.9 Å². The zero-order valence-corrected chi connectivity index (χ0v) is 14.1. The highest BCUT2D eigenvalue weighted by atomic mass is 16.6. The van der Waals surface area contributed by atoms with Crippen LogP contribution in [0.3, 0.4) is 0 Å². The van der Waals surface area contributed by atoms with Crippen molar-refractivity contribution in [2.45, 2.75) is 64.1 Å². The molecule has 23 heavy (non-hydrogen) atoms. The van der Waals surface area contributed by atoms with Crippen molar-refractivity contribution in [1.29, 1.82) is 0 Å². The molecule has 1 fully saturated rings. The lowest BCUT2D eigenvalue weighted by Crippen LogP contribution is -2.45. The van der Waals surface area contributed by atoms with Crippen LogP contribution in [0, 0.1) is 0 Å². The maximum Gasteiger partial charge on any atom is 0.408 e. The van der Waals surface area contributed by atoms with Gasteiger partial charge in [-0.05, 0) is 39.2 Å². The summed E-state index contributed by atoms with van der Waals surface area (Å²) in [6.45, 7) is 5.38. The van der Waals surface area contributed by atoms with Crippen molar-refractivity contribution in [2.75, 3.05) is 0 Å². The highest BCUT2D eigenvalue weighted by molar-refractivity contribution is 5.87. The highest BCUT2D eigenvalue weighted by Gasteiger charge is 2.28. The molecule has 5 heteroatoms. The van der Waals surface area contributed by atoms with E-state index in [4.69, 9.17) is 4.74 Å². The quantitative estimate of drug-likeness (QED) is 0.895. The van der Waals surface area contributed by atoms with Crippen LogP contribution in [-0.2, 0) is 9.53 Å². The normalized spacial score (nSPS) is 16.7. The predicted octanol–water partition coefficient (Wildman–Crippen LogP) is 3.31. The molecular weight excluding hydrogens is 292 g/mol. The average Bonchev–Trinajstić information content (AvgIpc) is 2.96. The van der Waals surface area contributed by atoms with Crippen LogP contribution in [0.1, 0.15) is 58.1 Å². The molecule has 0 spiro atoms. The number of ether oxygens (including phenoxy) is 1. The van der Waals surface area contributed by atoms with Gasteiger partial charge in [0.25, 0.3) is 0 Å². The van der Waals surface area contributed by atoms with E-state index in [0.717, 1.165) is 31.2 Å². The van der Waals surface area contributed by atoms with Gasteiger partial charge < -0.3 is 15.4 Å². The summed E-state index contributed by atoms with van der Waals surface area (Å²) in [6.07, 6.45) is 3.69. The van der Waals surface area contributed by atoms with Gasteiger partial charge in [0.05, 0.1) is 0 Å². The van der Waals surface area contributed by atoms with Crippen LogP contribution in [0.4, 0.5) is 4.79 Å². The van der Waals surface area contributed by atoms with E-state index >= 15 is 0 Å². The summed E-state index contributed by atoms with van der Waals surface area (Å²) in [5.41, 5.74) is 0.140. The number of hydrogen-bond donors (Lipinski definition) is 2. The monoisotopic (exact) mass is 318 g/mol. The van der Waals surface area contributed by atoms with Crippen LogP contribution in [0.15, 0.2) is 30.3 Å². The minimum absolute atomic E-state index is 0.186.